The maximum absolute atomic E-state index is 10.5. The van der Waals surface area contributed by atoms with Gasteiger partial charge >= 0.3 is 0 Å². The number of aromatic nitrogens is 4. The van der Waals surface area contributed by atoms with Gasteiger partial charge < -0.3 is 4.55 Å². The average molecular weight is 280 g/mol. The van der Waals surface area contributed by atoms with Crippen LogP contribution in [0.4, 0.5) is 0 Å². The van der Waals surface area contributed by atoms with E-state index in [1.807, 2.05) is 0 Å². The van der Waals surface area contributed by atoms with Gasteiger partial charge in [-0.05, 0) is 11.2 Å². The van der Waals surface area contributed by atoms with Gasteiger partial charge in [0.25, 0.3) is 0 Å². The summed E-state index contributed by atoms with van der Waals surface area (Å²) in [6.45, 7) is 0.372. The molecule has 2 aromatic heterocycles. The highest BCUT2D eigenvalue weighted by Crippen LogP contribution is 2.09. The molecule has 0 bridgehead atoms. The first kappa shape index (κ1) is 13.5. The molecule has 0 saturated heterocycles. The van der Waals surface area contributed by atoms with Crippen LogP contribution in [0.3, 0.4) is 0 Å². The van der Waals surface area contributed by atoms with Crippen molar-refractivity contribution in [3.05, 3.63) is 36.9 Å². The molecule has 0 aliphatic rings. The third-order valence-electron chi connectivity index (χ3n) is 2.38. The van der Waals surface area contributed by atoms with Gasteiger partial charge in [0.15, 0.2) is 18.6 Å². The minimum absolute atomic E-state index is 0.241. The molecule has 0 aliphatic carbocycles. The molecule has 0 aliphatic heterocycles. The number of rotatable bonds is 5. The van der Waals surface area contributed by atoms with Crippen molar-refractivity contribution >= 4 is 10.1 Å². The second-order valence-corrected chi connectivity index (χ2v) is 5.39. The lowest BCUT2D eigenvalue weighted by atomic mass is 10.3. The van der Waals surface area contributed by atoms with Crippen molar-refractivity contribution in [3.63, 3.8) is 0 Å². The van der Waals surface area contributed by atoms with Gasteiger partial charge in [0.1, 0.15) is 6.20 Å². The molecule has 0 fully saturated rings. The Balaban J connectivity index is 1.99. The van der Waals surface area contributed by atoms with Crippen LogP contribution in [-0.4, -0.2) is 33.8 Å². The van der Waals surface area contributed by atoms with E-state index in [-0.39, 0.29) is 12.2 Å². The maximum atomic E-state index is 10.5. The molecule has 0 saturated carbocycles. The van der Waals surface area contributed by atoms with Gasteiger partial charge in [0, 0.05) is 36.2 Å². The summed E-state index contributed by atoms with van der Waals surface area (Å²) in [6, 6.07) is 3.51. The topological polar surface area (TPSA) is 99.8 Å². The molecule has 0 spiro atoms. The number of aryl methyl sites for hydroxylation is 1. The first-order valence-electron chi connectivity index (χ1n) is 5.61. The molecule has 2 rings (SSSR count). The Morgan fingerprint density at radius 1 is 1.26 bits per heavy atom. The van der Waals surface area contributed by atoms with Gasteiger partial charge in [0.05, 0.1) is 10.1 Å². The highest BCUT2D eigenvalue weighted by atomic mass is 32.2. The summed E-state index contributed by atoms with van der Waals surface area (Å²) >= 11 is 0. The van der Waals surface area contributed by atoms with Crippen molar-refractivity contribution in [3.8, 4) is 11.4 Å². The molecule has 0 amide bonds. The van der Waals surface area contributed by atoms with Crippen LogP contribution in [-0.2, 0) is 16.7 Å². The summed E-state index contributed by atoms with van der Waals surface area (Å²) in [6.07, 6.45) is 6.82. The summed E-state index contributed by atoms with van der Waals surface area (Å²) in [5, 5.41) is 4.11. The normalized spacial score (nSPS) is 11.4. The second-order valence-electron chi connectivity index (χ2n) is 3.87. The van der Waals surface area contributed by atoms with Crippen LogP contribution in [0.25, 0.3) is 11.4 Å². The smallest absolute Gasteiger partial charge is 0.197 e. The van der Waals surface area contributed by atoms with E-state index in [0.717, 1.165) is 5.56 Å². The zero-order valence-corrected chi connectivity index (χ0v) is 10.8. The summed E-state index contributed by atoms with van der Waals surface area (Å²) in [4.78, 5) is 8.18. The molecule has 0 unspecified atom stereocenters. The van der Waals surface area contributed by atoms with E-state index in [1.165, 1.54) is 0 Å². The highest BCUT2D eigenvalue weighted by Gasteiger charge is 2.07. The molecule has 0 atom stereocenters. The van der Waals surface area contributed by atoms with Crippen LogP contribution in [0, 0.1) is 0 Å². The van der Waals surface area contributed by atoms with Crippen LogP contribution in [0.2, 0.25) is 0 Å². The number of hydrogen-bond acceptors (Lipinski definition) is 6. The van der Waals surface area contributed by atoms with Gasteiger partial charge in [-0.25, -0.2) is 18.4 Å². The third kappa shape index (κ3) is 4.34. The Morgan fingerprint density at radius 3 is 2.58 bits per heavy atom. The van der Waals surface area contributed by atoms with Crippen molar-refractivity contribution in [2.24, 2.45) is 0 Å². The third-order valence-corrected chi connectivity index (χ3v) is 3.17. The molecule has 0 aromatic carbocycles. The van der Waals surface area contributed by atoms with Crippen LogP contribution in [0.1, 0.15) is 6.42 Å². The zero-order chi connectivity index (χ0) is 13.7. The lowest BCUT2D eigenvalue weighted by Gasteiger charge is -2.03. The van der Waals surface area contributed by atoms with Gasteiger partial charge in [-0.3, -0.25) is 0 Å². The van der Waals surface area contributed by atoms with Gasteiger partial charge in [-0.1, -0.05) is 4.68 Å². The SMILES string of the molecule is O=S(=O)([O-])CCC[n+]1ccc(-c2ncccn2)cn1. The fourth-order valence-corrected chi connectivity index (χ4v) is 1.98. The fraction of sp³-hybridized carbons (Fsp3) is 0.273. The van der Waals surface area contributed by atoms with Crippen molar-refractivity contribution < 1.29 is 17.7 Å². The van der Waals surface area contributed by atoms with Crippen molar-refractivity contribution in [1.82, 2.24) is 15.1 Å². The monoisotopic (exact) mass is 280 g/mol. The molecular formula is C11H12N4O3S. The first-order valence-corrected chi connectivity index (χ1v) is 7.19. The quantitative estimate of drug-likeness (QED) is 0.553. The Morgan fingerprint density at radius 2 is 2.00 bits per heavy atom. The van der Waals surface area contributed by atoms with Crippen molar-refractivity contribution in [2.75, 3.05) is 5.75 Å². The summed E-state index contributed by atoms with van der Waals surface area (Å²) in [5.74, 6) is 0.190. The minimum atomic E-state index is -4.16. The Kier molecular flexibility index (Phi) is 4.13. The van der Waals surface area contributed by atoms with Crippen molar-refractivity contribution in [2.45, 2.75) is 13.0 Å². The Labute approximate surface area is 110 Å². The second kappa shape index (κ2) is 5.81. The summed E-state index contributed by atoms with van der Waals surface area (Å²) in [5.41, 5.74) is 0.772. The van der Waals surface area contributed by atoms with E-state index in [4.69, 9.17) is 0 Å². The maximum Gasteiger partial charge on any atom is 0.197 e. The van der Waals surface area contributed by atoms with E-state index < -0.39 is 10.1 Å². The lowest BCUT2D eigenvalue weighted by molar-refractivity contribution is -0.753. The fourth-order valence-electron chi connectivity index (χ4n) is 1.50. The highest BCUT2D eigenvalue weighted by molar-refractivity contribution is 7.85. The molecule has 0 N–H and O–H groups in total. The standard InChI is InChI=1S/C11H12N4O3S/c16-19(17,18)8-2-6-15-7-3-10(9-14-15)11-12-4-1-5-13-11/h1,3-5,7,9H,2,6,8H2. The number of nitrogens with zero attached hydrogens (tertiary/aromatic N) is 4. The summed E-state index contributed by atoms with van der Waals surface area (Å²) < 4.78 is 32.9. The minimum Gasteiger partial charge on any atom is -0.748 e. The predicted octanol–water partition coefficient (Wildman–Crippen LogP) is -0.239. The van der Waals surface area contributed by atoms with Crippen LogP contribution >= 0.6 is 0 Å². The van der Waals surface area contributed by atoms with Crippen molar-refractivity contribution in [1.29, 1.82) is 0 Å². The van der Waals surface area contributed by atoms with E-state index >= 15 is 0 Å². The van der Waals surface area contributed by atoms with Gasteiger partial charge in [0.2, 0.25) is 0 Å². The van der Waals surface area contributed by atoms with Gasteiger partial charge in [-0.15, -0.1) is 0 Å². The molecule has 0 radical (unpaired) electrons. The van der Waals surface area contributed by atoms with Crippen LogP contribution in [0.15, 0.2) is 36.9 Å². The van der Waals surface area contributed by atoms with E-state index in [1.54, 1.807) is 41.6 Å². The molecule has 19 heavy (non-hydrogen) atoms. The van der Waals surface area contributed by atoms with E-state index in [9.17, 15) is 13.0 Å². The molecule has 2 aromatic rings. The molecular weight excluding hydrogens is 268 g/mol. The average Bonchev–Trinajstić information content (AvgIpc) is 2.39. The summed E-state index contributed by atoms with van der Waals surface area (Å²) in [7, 11) is -4.16. The first-order chi connectivity index (χ1) is 9.04. The Hall–Kier alpha value is -1.93. The van der Waals surface area contributed by atoms with E-state index in [2.05, 4.69) is 15.1 Å². The molecule has 8 heteroatoms. The largest absolute Gasteiger partial charge is 0.748 e. The van der Waals surface area contributed by atoms with Crippen LogP contribution in [0.5, 0.6) is 0 Å². The number of hydrogen-bond donors (Lipinski definition) is 0. The lowest BCUT2D eigenvalue weighted by Crippen LogP contribution is -2.38. The zero-order valence-electron chi connectivity index (χ0n) is 10.0. The van der Waals surface area contributed by atoms with E-state index in [0.29, 0.717) is 12.4 Å². The van der Waals surface area contributed by atoms with Crippen LogP contribution < -0.4 is 4.68 Å². The molecule has 7 nitrogen and oxygen atoms in total. The molecule has 100 valence electrons. The van der Waals surface area contributed by atoms with Gasteiger partial charge in [-0.2, -0.15) is 0 Å². The Bertz CT molecular complexity index is 629. The molecule has 2 heterocycles. The predicted molar refractivity (Wildman–Crippen MR) is 64.6 cm³/mol.